The lowest BCUT2D eigenvalue weighted by Gasteiger charge is -2.24. The molecule has 1 saturated heterocycles. The molecular weight excluding hydrogens is 411 g/mol. The van der Waals surface area contributed by atoms with Crippen molar-refractivity contribution in [2.45, 2.75) is 45.7 Å². The van der Waals surface area contributed by atoms with Crippen LogP contribution in [0.2, 0.25) is 0 Å². The quantitative estimate of drug-likeness (QED) is 0.404. The molecule has 0 amide bonds. The van der Waals surface area contributed by atoms with Gasteiger partial charge in [-0.2, -0.15) is 11.8 Å². The van der Waals surface area contributed by atoms with Gasteiger partial charge in [0, 0.05) is 31.3 Å². The Balaban J connectivity index is 0.00000242. The number of nitrogens with one attached hydrogen (secondary N) is 2. The summed E-state index contributed by atoms with van der Waals surface area (Å²) in [7, 11) is 0. The summed E-state index contributed by atoms with van der Waals surface area (Å²) in [6, 6.07) is 0.544. The van der Waals surface area contributed by atoms with Gasteiger partial charge in [0.05, 0.1) is 6.54 Å². The normalized spacial score (nSPS) is 18.6. The number of guanidine groups is 1. The van der Waals surface area contributed by atoms with Gasteiger partial charge >= 0.3 is 0 Å². The van der Waals surface area contributed by atoms with Crippen LogP contribution in [0.4, 0.5) is 0 Å². The third-order valence-electron chi connectivity index (χ3n) is 3.47. The van der Waals surface area contributed by atoms with Crippen molar-refractivity contribution in [2.24, 2.45) is 4.99 Å². The Hall–Kier alpha value is -0.510. The first-order valence-corrected chi connectivity index (χ1v) is 8.98. The molecule has 0 spiro atoms. The Kier molecular flexibility index (Phi) is 9.85. The molecule has 126 valence electrons. The van der Waals surface area contributed by atoms with E-state index in [0.717, 1.165) is 37.8 Å². The van der Waals surface area contributed by atoms with Crippen LogP contribution in [-0.2, 0) is 13.0 Å². The van der Waals surface area contributed by atoms with E-state index in [1.165, 1.54) is 24.3 Å². The Morgan fingerprint density at radius 2 is 2.36 bits per heavy atom. The number of aromatic nitrogens is 3. The van der Waals surface area contributed by atoms with Crippen LogP contribution < -0.4 is 10.6 Å². The largest absolute Gasteiger partial charge is 0.357 e. The van der Waals surface area contributed by atoms with Crippen molar-refractivity contribution in [3.63, 3.8) is 0 Å². The summed E-state index contributed by atoms with van der Waals surface area (Å²) in [6.07, 6.45) is 5.22. The highest BCUT2D eigenvalue weighted by atomic mass is 127. The average molecular weight is 438 g/mol. The molecule has 2 rings (SSSR count). The van der Waals surface area contributed by atoms with Crippen molar-refractivity contribution >= 4 is 41.7 Å². The molecule has 2 heterocycles. The van der Waals surface area contributed by atoms with Crippen LogP contribution in [-0.4, -0.2) is 51.4 Å². The number of rotatable bonds is 6. The maximum absolute atomic E-state index is 4.67. The molecule has 0 aromatic carbocycles. The minimum Gasteiger partial charge on any atom is -0.357 e. The molecule has 0 saturated carbocycles. The van der Waals surface area contributed by atoms with Gasteiger partial charge in [0.25, 0.3) is 0 Å². The van der Waals surface area contributed by atoms with Crippen LogP contribution in [0.25, 0.3) is 0 Å². The highest BCUT2D eigenvalue weighted by Crippen LogP contribution is 2.16. The zero-order chi connectivity index (χ0) is 14.9. The van der Waals surface area contributed by atoms with Crippen molar-refractivity contribution in [3.05, 3.63) is 12.2 Å². The molecule has 1 aliphatic heterocycles. The molecule has 1 unspecified atom stereocenters. The van der Waals surface area contributed by atoms with Gasteiger partial charge in [-0.25, -0.2) is 0 Å². The number of hydrogen-bond donors (Lipinski definition) is 2. The third-order valence-corrected chi connectivity index (χ3v) is 4.68. The van der Waals surface area contributed by atoms with Gasteiger partial charge in [-0.05, 0) is 25.5 Å². The number of aliphatic imine (C=N–C) groups is 1. The second-order valence-corrected chi connectivity index (χ2v) is 6.26. The number of halogens is 1. The van der Waals surface area contributed by atoms with Crippen LogP contribution in [0.3, 0.4) is 0 Å². The Labute approximate surface area is 154 Å². The standard InChI is InChI=1S/C14H26N6S.HI/c1-3-13-19-17-11-20(13)8-7-16-14(15-4-2)18-12-6-5-9-21-10-12;/h11-12H,3-10H2,1-2H3,(H2,15,16,18);1H. The monoisotopic (exact) mass is 438 g/mol. The number of nitrogens with zero attached hydrogens (tertiary/aromatic N) is 4. The van der Waals surface area contributed by atoms with Crippen LogP contribution in [0.1, 0.15) is 32.5 Å². The van der Waals surface area contributed by atoms with Crippen molar-refractivity contribution < 1.29 is 0 Å². The predicted octanol–water partition coefficient (Wildman–Crippen LogP) is 1.91. The van der Waals surface area contributed by atoms with Gasteiger partial charge in [-0.3, -0.25) is 4.99 Å². The summed E-state index contributed by atoms with van der Waals surface area (Å²) in [6.45, 7) is 6.64. The fourth-order valence-corrected chi connectivity index (χ4v) is 3.45. The molecule has 22 heavy (non-hydrogen) atoms. The smallest absolute Gasteiger partial charge is 0.191 e. The van der Waals surface area contributed by atoms with Gasteiger partial charge < -0.3 is 15.2 Å². The molecular formula is C14H27IN6S. The second kappa shape index (κ2) is 11.1. The SMILES string of the molecule is CCNC(=NCCn1cnnc1CC)NC1CCCSC1.I. The number of aryl methyl sites for hydroxylation is 1. The summed E-state index contributed by atoms with van der Waals surface area (Å²) >= 11 is 2.02. The summed E-state index contributed by atoms with van der Waals surface area (Å²) in [5.41, 5.74) is 0. The fraction of sp³-hybridized carbons (Fsp3) is 0.786. The maximum atomic E-state index is 4.67. The zero-order valence-corrected chi connectivity index (χ0v) is 16.6. The summed E-state index contributed by atoms with van der Waals surface area (Å²) in [4.78, 5) is 4.67. The van der Waals surface area contributed by atoms with Crippen LogP contribution in [0.15, 0.2) is 11.3 Å². The molecule has 0 aliphatic carbocycles. The van der Waals surface area contributed by atoms with E-state index in [9.17, 15) is 0 Å². The zero-order valence-electron chi connectivity index (χ0n) is 13.4. The van der Waals surface area contributed by atoms with Crippen LogP contribution in [0, 0.1) is 0 Å². The van der Waals surface area contributed by atoms with E-state index in [0.29, 0.717) is 6.04 Å². The van der Waals surface area contributed by atoms with Crippen LogP contribution >= 0.6 is 35.7 Å². The molecule has 1 aliphatic rings. The second-order valence-electron chi connectivity index (χ2n) is 5.11. The summed E-state index contributed by atoms with van der Waals surface area (Å²) < 4.78 is 2.07. The minimum absolute atomic E-state index is 0. The fourth-order valence-electron chi connectivity index (χ4n) is 2.38. The lowest BCUT2D eigenvalue weighted by atomic mass is 10.2. The van der Waals surface area contributed by atoms with E-state index >= 15 is 0 Å². The first kappa shape index (κ1) is 19.5. The van der Waals surface area contributed by atoms with Crippen molar-refractivity contribution in [2.75, 3.05) is 24.6 Å². The van der Waals surface area contributed by atoms with Gasteiger partial charge in [0.2, 0.25) is 0 Å². The highest BCUT2D eigenvalue weighted by molar-refractivity contribution is 14.0. The average Bonchev–Trinajstić information content (AvgIpc) is 2.96. The van der Waals surface area contributed by atoms with Crippen molar-refractivity contribution in [1.82, 2.24) is 25.4 Å². The van der Waals surface area contributed by atoms with E-state index in [1.807, 2.05) is 11.8 Å². The van der Waals surface area contributed by atoms with Gasteiger partial charge in [-0.1, -0.05) is 6.92 Å². The van der Waals surface area contributed by atoms with E-state index in [-0.39, 0.29) is 24.0 Å². The maximum Gasteiger partial charge on any atom is 0.191 e. The van der Waals surface area contributed by atoms with E-state index in [1.54, 1.807) is 6.33 Å². The van der Waals surface area contributed by atoms with E-state index < -0.39 is 0 Å². The van der Waals surface area contributed by atoms with Gasteiger partial charge in [0.1, 0.15) is 12.2 Å². The van der Waals surface area contributed by atoms with E-state index in [4.69, 9.17) is 0 Å². The molecule has 1 aromatic rings. The van der Waals surface area contributed by atoms with Gasteiger partial charge in [-0.15, -0.1) is 34.2 Å². The number of thioether (sulfide) groups is 1. The van der Waals surface area contributed by atoms with Crippen molar-refractivity contribution in [3.8, 4) is 0 Å². The van der Waals surface area contributed by atoms with E-state index in [2.05, 4.69) is 44.2 Å². The first-order valence-electron chi connectivity index (χ1n) is 7.82. The van der Waals surface area contributed by atoms with Crippen molar-refractivity contribution in [1.29, 1.82) is 0 Å². The Morgan fingerprint density at radius 3 is 3.05 bits per heavy atom. The molecule has 1 fully saturated rings. The Morgan fingerprint density at radius 1 is 1.50 bits per heavy atom. The molecule has 6 nitrogen and oxygen atoms in total. The topological polar surface area (TPSA) is 67.1 Å². The minimum atomic E-state index is 0. The lowest BCUT2D eigenvalue weighted by Crippen LogP contribution is -2.45. The summed E-state index contributed by atoms with van der Waals surface area (Å²) in [5, 5.41) is 14.9. The molecule has 2 N–H and O–H groups in total. The molecule has 0 radical (unpaired) electrons. The number of hydrogen-bond acceptors (Lipinski definition) is 4. The lowest BCUT2D eigenvalue weighted by molar-refractivity contribution is 0.579. The van der Waals surface area contributed by atoms with Gasteiger partial charge in [0.15, 0.2) is 5.96 Å². The predicted molar refractivity (Wildman–Crippen MR) is 104 cm³/mol. The third kappa shape index (κ3) is 6.31. The molecule has 0 bridgehead atoms. The van der Waals surface area contributed by atoms with Crippen LogP contribution in [0.5, 0.6) is 0 Å². The highest BCUT2D eigenvalue weighted by Gasteiger charge is 2.14. The first-order chi connectivity index (χ1) is 10.3. The Bertz CT molecular complexity index is 444. The summed E-state index contributed by atoms with van der Waals surface area (Å²) in [5.74, 6) is 4.41. The molecule has 1 aromatic heterocycles. The molecule has 8 heteroatoms. The molecule has 1 atom stereocenters.